The van der Waals surface area contributed by atoms with Crippen LogP contribution in [0.2, 0.25) is 0 Å². The zero-order chi connectivity index (χ0) is 11.5. The molecule has 0 aromatic heterocycles. The van der Waals surface area contributed by atoms with E-state index in [2.05, 4.69) is 12.2 Å². The molecule has 0 spiro atoms. The Balaban J connectivity index is 3.20. The summed E-state index contributed by atoms with van der Waals surface area (Å²) in [6.45, 7) is 2.33. The molecule has 0 bridgehead atoms. The van der Waals surface area contributed by atoms with Crippen LogP contribution in [0.25, 0.3) is 0 Å². The fourth-order valence-electron chi connectivity index (χ4n) is 0.782. The summed E-state index contributed by atoms with van der Waals surface area (Å²) in [6.07, 6.45) is 1.06. The normalized spacial score (nSPS) is 9.93. The largest absolute Gasteiger partial charge is 0.480 e. The molecule has 0 saturated carbocycles. The molecule has 0 rings (SSSR count). The second-order valence-corrected chi connectivity index (χ2v) is 3.95. The van der Waals surface area contributed by atoms with Crippen molar-refractivity contribution in [3.05, 3.63) is 0 Å². The Morgan fingerprint density at radius 3 is 2.80 bits per heavy atom. The monoisotopic (exact) mass is 235 g/mol. The number of nitrogens with one attached hydrogen (secondary N) is 1. The molecule has 0 aliphatic carbocycles. The van der Waals surface area contributed by atoms with Crippen LogP contribution in [0.3, 0.4) is 0 Å². The van der Waals surface area contributed by atoms with Crippen LogP contribution in [0.5, 0.6) is 0 Å². The number of aliphatic carboxylic acids is 1. The molecule has 5 nitrogen and oxygen atoms in total. The van der Waals surface area contributed by atoms with E-state index in [-0.39, 0.29) is 19.1 Å². The molecular formula is C9H17NO4S. The lowest BCUT2D eigenvalue weighted by Gasteiger charge is -2.04. The van der Waals surface area contributed by atoms with E-state index in [1.54, 1.807) is 11.8 Å². The molecule has 0 atom stereocenters. The van der Waals surface area contributed by atoms with Gasteiger partial charge in [-0.3, -0.25) is 4.79 Å². The maximum absolute atomic E-state index is 11.1. The zero-order valence-corrected chi connectivity index (χ0v) is 9.64. The van der Waals surface area contributed by atoms with E-state index in [0.29, 0.717) is 12.3 Å². The first-order chi connectivity index (χ1) is 7.16. The highest BCUT2D eigenvalue weighted by molar-refractivity contribution is 7.99. The average Bonchev–Trinajstić information content (AvgIpc) is 2.17. The summed E-state index contributed by atoms with van der Waals surface area (Å²) in [4.78, 5) is 21.2. The molecule has 2 N–H and O–H groups in total. The van der Waals surface area contributed by atoms with Crippen molar-refractivity contribution in [1.82, 2.24) is 5.32 Å². The number of rotatable bonds is 9. The summed E-state index contributed by atoms with van der Waals surface area (Å²) in [5, 5.41) is 10.9. The molecule has 88 valence electrons. The van der Waals surface area contributed by atoms with Crippen molar-refractivity contribution in [3.63, 3.8) is 0 Å². The van der Waals surface area contributed by atoms with Crippen LogP contribution >= 0.6 is 11.8 Å². The van der Waals surface area contributed by atoms with E-state index in [9.17, 15) is 9.59 Å². The van der Waals surface area contributed by atoms with Gasteiger partial charge in [0.2, 0.25) is 5.91 Å². The quantitative estimate of drug-likeness (QED) is 0.564. The highest BCUT2D eigenvalue weighted by Crippen LogP contribution is 2.00. The highest BCUT2D eigenvalue weighted by atomic mass is 32.2. The average molecular weight is 235 g/mol. The lowest BCUT2D eigenvalue weighted by molar-refractivity contribution is -0.142. The van der Waals surface area contributed by atoms with Crippen molar-refractivity contribution in [2.24, 2.45) is 0 Å². The van der Waals surface area contributed by atoms with Crippen LogP contribution in [0.1, 0.15) is 13.3 Å². The lowest BCUT2D eigenvalue weighted by Crippen LogP contribution is -2.29. The number of amides is 1. The first-order valence-corrected chi connectivity index (χ1v) is 5.96. The van der Waals surface area contributed by atoms with Gasteiger partial charge < -0.3 is 15.2 Å². The van der Waals surface area contributed by atoms with Gasteiger partial charge in [-0.15, -0.1) is 0 Å². The zero-order valence-electron chi connectivity index (χ0n) is 8.82. The van der Waals surface area contributed by atoms with E-state index in [4.69, 9.17) is 9.84 Å². The standard InChI is InChI=1S/C9H17NO4S/c1-2-5-15-7-8(11)10-3-4-14-6-9(12)13/h2-7H2,1H3,(H,10,11)(H,12,13). The van der Waals surface area contributed by atoms with Gasteiger partial charge >= 0.3 is 5.97 Å². The summed E-state index contributed by atoms with van der Waals surface area (Å²) >= 11 is 1.58. The topological polar surface area (TPSA) is 75.6 Å². The number of carboxylic acids is 1. The Morgan fingerprint density at radius 2 is 2.20 bits per heavy atom. The van der Waals surface area contributed by atoms with Crippen molar-refractivity contribution in [1.29, 1.82) is 0 Å². The molecule has 0 heterocycles. The van der Waals surface area contributed by atoms with Crippen molar-refractivity contribution >= 4 is 23.6 Å². The molecule has 0 aromatic rings. The van der Waals surface area contributed by atoms with E-state index >= 15 is 0 Å². The van der Waals surface area contributed by atoms with Gasteiger partial charge in [0.05, 0.1) is 12.4 Å². The molecule has 0 aliphatic rings. The predicted octanol–water partition coefficient (Wildman–Crippen LogP) is 0.347. The van der Waals surface area contributed by atoms with E-state index < -0.39 is 5.97 Å². The summed E-state index contributed by atoms with van der Waals surface area (Å²) in [5.74, 6) is 0.391. The molecule has 0 radical (unpaired) electrons. The fraction of sp³-hybridized carbons (Fsp3) is 0.778. The van der Waals surface area contributed by atoms with Crippen molar-refractivity contribution in [2.75, 3.05) is 31.3 Å². The number of hydrogen-bond donors (Lipinski definition) is 2. The summed E-state index contributed by atoms with van der Waals surface area (Å²) in [5.41, 5.74) is 0. The minimum atomic E-state index is -1.00. The van der Waals surface area contributed by atoms with Crippen LogP contribution < -0.4 is 5.32 Å². The first-order valence-electron chi connectivity index (χ1n) is 4.80. The van der Waals surface area contributed by atoms with Crippen molar-refractivity contribution in [2.45, 2.75) is 13.3 Å². The van der Waals surface area contributed by atoms with Gasteiger partial charge in [-0.05, 0) is 12.2 Å². The second kappa shape index (κ2) is 9.79. The number of thioether (sulfide) groups is 1. The fourth-order valence-corrected chi connectivity index (χ4v) is 1.50. The van der Waals surface area contributed by atoms with Crippen molar-refractivity contribution in [3.8, 4) is 0 Å². The van der Waals surface area contributed by atoms with Crippen LogP contribution in [0.15, 0.2) is 0 Å². The molecular weight excluding hydrogens is 218 g/mol. The predicted molar refractivity (Wildman–Crippen MR) is 59.1 cm³/mol. The third-order valence-electron chi connectivity index (χ3n) is 1.38. The highest BCUT2D eigenvalue weighted by Gasteiger charge is 2.00. The van der Waals surface area contributed by atoms with E-state index in [1.165, 1.54) is 0 Å². The van der Waals surface area contributed by atoms with Gasteiger partial charge in [0.25, 0.3) is 0 Å². The minimum absolute atomic E-state index is 0.0348. The molecule has 0 fully saturated rings. The number of ether oxygens (including phenoxy) is 1. The third kappa shape index (κ3) is 11.2. The maximum atomic E-state index is 11.1. The van der Waals surface area contributed by atoms with Gasteiger partial charge in [-0.25, -0.2) is 4.79 Å². The summed E-state index contributed by atoms with van der Waals surface area (Å²) < 4.78 is 4.75. The second-order valence-electron chi connectivity index (χ2n) is 2.85. The van der Waals surface area contributed by atoms with E-state index in [1.807, 2.05) is 0 Å². The maximum Gasteiger partial charge on any atom is 0.329 e. The molecule has 0 unspecified atom stereocenters. The van der Waals surface area contributed by atoms with Crippen LogP contribution in [0.4, 0.5) is 0 Å². The number of hydrogen-bond acceptors (Lipinski definition) is 4. The van der Waals surface area contributed by atoms with Crippen LogP contribution in [-0.4, -0.2) is 48.2 Å². The van der Waals surface area contributed by atoms with Gasteiger partial charge in [-0.2, -0.15) is 11.8 Å². The van der Waals surface area contributed by atoms with Crippen molar-refractivity contribution < 1.29 is 19.4 Å². The third-order valence-corrected chi connectivity index (χ3v) is 2.54. The van der Waals surface area contributed by atoms with Gasteiger partial charge in [-0.1, -0.05) is 6.92 Å². The molecule has 0 aliphatic heterocycles. The Hall–Kier alpha value is -0.750. The Kier molecular flexibility index (Phi) is 9.30. The molecule has 1 amide bonds. The van der Waals surface area contributed by atoms with Crippen LogP contribution in [-0.2, 0) is 14.3 Å². The SMILES string of the molecule is CCCSCC(=O)NCCOCC(=O)O. The summed E-state index contributed by atoms with van der Waals surface area (Å²) in [6, 6.07) is 0. The smallest absolute Gasteiger partial charge is 0.329 e. The Labute approximate surface area is 93.6 Å². The van der Waals surface area contributed by atoms with Crippen LogP contribution in [0, 0.1) is 0 Å². The number of carbonyl (C=O) groups excluding carboxylic acids is 1. The number of carboxylic acid groups (broad SMARTS) is 1. The number of carbonyl (C=O) groups is 2. The Morgan fingerprint density at radius 1 is 1.47 bits per heavy atom. The van der Waals surface area contributed by atoms with Gasteiger partial charge in [0.1, 0.15) is 6.61 Å². The Bertz CT molecular complexity index is 199. The molecule has 0 aromatic carbocycles. The van der Waals surface area contributed by atoms with Gasteiger partial charge in [0.15, 0.2) is 0 Å². The first kappa shape index (κ1) is 14.2. The molecule has 0 saturated heterocycles. The van der Waals surface area contributed by atoms with E-state index in [0.717, 1.165) is 12.2 Å². The molecule has 15 heavy (non-hydrogen) atoms. The minimum Gasteiger partial charge on any atom is -0.480 e. The molecule has 6 heteroatoms. The summed E-state index contributed by atoms with van der Waals surface area (Å²) in [7, 11) is 0. The van der Waals surface area contributed by atoms with Gasteiger partial charge in [0, 0.05) is 6.54 Å². The lowest BCUT2D eigenvalue weighted by atomic mass is 10.6.